The molecule has 3 rings (SSSR count). The number of nitrogens with one attached hydrogen (secondary N) is 2. The van der Waals surface area contributed by atoms with Gasteiger partial charge in [0.15, 0.2) is 10.9 Å². The minimum Gasteiger partial charge on any atom is -0.448 e. The number of benzene rings is 2. The van der Waals surface area contributed by atoms with Crippen LogP contribution in [0, 0.1) is 5.41 Å². The van der Waals surface area contributed by atoms with Gasteiger partial charge in [-0.3, -0.25) is 5.41 Å². The Hall–Kier alpha value is -3.52. The van der Waals surface area contributed by atoms with Gasteiger partial charge in [-0.15, -0.1) is 11.3 Å². The molecule has 142 valence electrons. The number of aromatic nitrogens is 1. The van der Waals surface area contributed by atoms with Crippen LogP contribution in [0.25, 0.3) is 0 Å². The number of hydrogen-bond donors (Lipinski definition) is 2. The largest absolute Gasteiger partial charge is 0.448 e. The van der Waals surface area contributed by atoms with Crippen LogP contribution >= 0.6 is 11.3 Å². The summed E-state index contributed by atoms with van der Waals surface area (Å²) < 4.78 is 5.74. The maximum Gasteiger partial charge on any atom is 0.363 e. The Morgan fingerprint density at radius 3 is 2.07 bits per heavy atom. The third-order valence-corrected chi connectivity index (χ3v) is 4.38. The molecule has 0 bridgehead atoms. The van der Waals surface area contributed by atoms with Crippen LogP contribution < -0.4 is 4.80 Å². The molecule has 1 heterocycles. The van der Waals surface area contributed by atoms with Crippen molar-refractivity contribution >= 4 is 29.0 Å². The normalized spacial score (nSPS) is 11.3. The van der Waals surface area contributed by atoms with Crippen LogP contribution in [-0.2, 0) is 19.2 Å². The maximum absolute atomic E-state index is 12.9. The van der Waals surface area contributed by atoms with E-state index >= 15 is 0 Å². The standard InChI is InChI=1S/C20H17N3O4S/c1-13(24)27-23-17(16-12-28-20(21)22-16)19(25)26-18(14-8-4-2-5-9-14)15-10-6-3-7-11-15/h2-12,18H,1H3,(H2,21,22)/b23-17-. The van der Waals surface area contributed by atoms with Gasteiger partial charge in [0.05, 0.1) is 5.69 Å². The number of carbonyl (C=O) groups is 2. The number of oxime groups is 1. The first-order valence-corrected chi connectivity index (χ1v) is 9.22. The van der Waals surface area contributed by atoms with Crippen molar-refractivity contribution in [1.29, 1.82) is 5.41 Å². The van der Waals surface area contributed by atoms with Crippen molar-refractivity contribution in [2.75, 3.05) is 0 Å². The average molecular weight is 395 g/mol. The van der Waals surface area contributed by atoms with Gasteiger partial charge in [-0.2, -0.15) is 0 Å². The molecule has 0 fully saturated rings. The van der Waals surface area contributed by atoms with Crippen molar-refractivity contribution in [3.05, 3.63) is 87.7 Å². The molecule has 1 aromatic heterocycles. The number of hydrogen-bond acceptors (Lipinski definition) is 7. The van der Waals surface area contributed by atoms with Gasteiger partial charge in [0.25, 0.3) is 0 Å². The third-order valence-electron chi connectivity index (χ3n) is 3.69. The Morgan fingerprint density at radius 2 is 1.61 bits per heavy atom. The second-order valence-electron chi connectivity index (χ2n) is 5.73. The van der Waals surface area contributed by atoms with Gasteiger partial charge in [0, 0.05) is 12.3 Å². The Bertz CT molecular complexity index is 1000. The van der Waals surface area contributed by atoms with Crippen LogP contribution in [-0.4, -0.2) is 22.6 Å². The number of rotatable bonds is 6. The van der Waals surface area contributed by atoms with Crippen molar-refractivity contribution < 1.29 is 19.2 Å². The zero-order valence-electron chi connectivity index (χ0n) is 14.9. The minimum atomic E-state index is -0.784. The summed E-state index contributed by atoms with van der Waals surface area (Å²) in [6.07, 6.45) is -0.675. The summed E-state index contributed by atoms with van der Waals surface area (Å²) in [6, 6.07) is 18.6. The van der Waals surface area contributed by atoms with E-state index < -0.39 is 18.0 Å². The predicted octanol–water partition coefficient (Wildman–Crippen LogP) is 3.16. The summed E-state index contributed by atoms with van der Waals surface area (Å²) in [4.78, 5) is 31.5. The molecule has 0 spiro atoms. The molecule has 0 amide bonds. The average Bonchev–Trinajstić information content (AvgIpc) is 3.13. The highest BCUT2D eigenvalue weighted by molar-refractivity contribution is 7.07. The monoisotopic (exact) mass is 395 g/mol. The maximum atomic E-state index is 12.9. The Kier molecular flexibility index (Phi) is 6.13. The number of nitrogens with zero attached hydrogens (tertiary/aromatic N) is 1. The van der Waals surface area contributed by atoms with Gasteiger partial charge in [0.1, 0.15) is 0 Å². The van der Waals surface area contributed by atoms with E-state index in [-0.39, 0.29) is 16.2 Å². The molecule has 2 aromatic carbocycles. The molecule has 3 aromatic rings. The smallest absolute Gasteiger partial charge is 0.363 e. The molecule has 0 aliphatic heterocycles. The molecule has 7 nitrogen and oxygen atoms in total. The number of ether oxygens (including phenoxy) is 1. The molecule has 28 heavy (non-hydrogen) atoms. The first-order valence-electron chi connectivity index (χ1n) is 8.34. The summed E-state index contributed by atoms with van der Waals surface area (Å²) in [5.41, 5.74) is 1.58. The Morgan fingerprint density at radius 1 is 1.04 bits per heavy atom. The topological polar surface area (TPSA) is 105 Å². The number of esters is 1. The van der Waals surface area contributed by atoms with Crippen LogP contribution in [0.5, 0.6) is 0 Å². The fraction of sp³-hybridized carbons (Fsp3) is 0.100. The predicted molar refractivity (Wildman–Crippen MR) is 104 cm³/mol. The van der Waals surface area contributed by atoms with E-state index in [1.807, 2.05) is 60.7 Å². The molecular formula is C20H17N3O4S. The van der Waals surface area contributed by atoms with Crippen molar-refractivity contribution in [1.82, 2.24) is 4.98 Å². The molecule has 0 unspecified atom stereocenters. The van der Waals surface area contributed by atoms with Crippen LogP contribution in [0.4, 0.5) is 0 Å². The van der Waals surface area contributed by atoms with Gasteiger partial charge in [-0.1, -0.05) is 65.8 Å². The first-order chi connectivity index (χ1) is 13.5. The fourth-order valence-corrected chi connectivity index (χ4v) is 3.04. The van der Waals surface area contributed by atoms with Crippen LogP contribution in [0.2, 0.25) is 0 Å². The number of aromatic amines is 1. The second kappa shape index (κ2) is 8.92. The highest BCUT2D eigenvalue weighted by atomic mass is 32.1. The Labute approximate surface area is 164 Å². The molecule has 0 saturated heterocycles. The molecule has 0 aliphatic carbocycles. The minimum absolute atomic E-state index is 0.126. The van der Waals surface area contributed by atoms with Gasteiger partial charge >= 0.3 is 11.9 Å². The third kappa shape index (κ3) is 4.80. The zero-order chi connectivity index (χ0) is 19.9. The molecule has 0 saturated carbocycles. The molecule has 2 N–H and O–H groups in total. The molecule has 0 radical (unpaired) electrons. The van der Waals surface area contributed by atoms with Crippen LogP contribution in [0.15, 0.2) is 71.2 Å². The lowest BCUT2D eigenvalue weighted by Crippen LogP contribution is -2.23. The van der Waals surface area contributed by atoms with E-state index in [0.717, 1.165) is 22.5 Å². The Balaban J connectivity index is 1.96. The van der Waals surface area contributed by atoms with Crippen LogP contribution in [0.1, 0.15) is 29.8 Å². The fourth-order valence-electron chi connectivity index (χ4n) is 2.47. The van der Waals surface area contributed by atoms with Crippen molar-refractivity contribution in [2.24, 2.45) is 5.16 Å². The molecular weight excluding hydrogens is 378 g/mol. The molecule has 0 atom stereocenters. The number of carbonyl (C=O) groups excluding carboxylic acids is 2. The highest BCUT2D eigenvalue weighted by Gasteiger charge is 2.25. The van der Waals surface area contributed by atoms with Gasteiger partial charge in [-0.25, -0.2) is 9.59 Å². The van der Waals surface area contributed by atoms with Crippen molar-refractivity contribution in [3.63, 3.8) is 0 Å². The summed E-state index contributed by atoms with van der Waals surface area (Å²) in [5, 5.41) is 12.8. The molecule has 8 heteroatoms. The van der Waals surface area contributed by atoms with Gasteiger partial charge in [-0.05, 0) is 11.1 Å². The lowest BCUT2D eigenvalue weighted by molar-refractivity contribution is -0.141. The quantitative estimate of drug-likeness (QED) is 0.289. The lowest BCUT2D eigenvalue weighted by Gasteiger charge is -2.19. The highest BCUT2D eigenvalue weighted by Crippen LogP contribution is 2.26. The van der Waals surface area contributed by atoms with Crippen LogP contribution in [0.3, 0.4) is 0 Å². The van der Waals surface area contributed by atoms with Gasteiger partial charge < -0.3 is 14.6 Å². The number of H-pyrrole nitrogens is 1. The van der Waals surface area contributed by atoms with E-state index in [1.165, 1.54) is 12.3 Å². The van der Waals surface area contributed by atoms with Crippen molar-refractivity contribution in [3.8, 4) is 0 Å². The van der Waals surface area contributed by atoms with E-state index in [0.29, 0.717) is 0 Å². The zero-order valence-corrected chi connectivity index (χ0v) is 15.7. The summed E-state index contributed by atoms with van der Waals surface area (Å²) in [5.74, 6) is -1.46. The lowest BCUT2D eigenvalue weighted by atomic mass is 10.0. The van der Waals surface area contributed by atoms with E-state index in [9.17, 15) is 9.59 Å². The second-order valence-corrected chi connectivity index (χ2v) is 6.61. The van der Waals surface area contributed by atoms with E-state index in [1.54, 1.807) is 0 Å². The number of thiazole rings is 1. The first kappa shape index (κ1) is 19.2. The SMILES string of the molecule is CC(=O)O/N=C(\C(=O)OC(c1ccccc1)c1ccccc1)c1csc(=N)[nH]1. The van der Waals surface area contributed by atoms with E-state index in [4.69, 9.17) is 10.1 Å². The summed E-state index contributed by atoms with van der Waals surface area (Å²) >= 11 is 1.08. The summed E-state index contributed by atoms with van der Waals surface area (Å²) in [6.45, 7) is 1.18. The summed E-state index contributed by atoms with van der Waals surface area (Å²) in [7, 11) is 0. The van der Waals surface area contributed by atoms with Crippen molar-refractivity contribution in [2.45, 2.75) is 13.0 Å². The van der Waals surface area contributed by atoms with Gasteiger partial charge in [0.2, 0.25) is 5.71 Å². The van der Waals surface area contributed by atoms with E-state index in [2.05, 4.69) is 15.0 Å². The molecule has 0 aliphatic rings.